The van der Waals surface area contributed by atoms with Gasteiger partial charge in [-0.15, -0.1) is 0 Å². The molecule has 2 aliphatic rings. The number of rotatable bonds is 4. The Morgan fingerprint density at radius 3 is 1.39 bits per heavy atom. The van der Waals surface area contributed by atoms with Crippen LogP contribution < -0.4 is 0 Å². The van der Waals surface area contributed by atoms with Crippen molar-refractivity contribution in [1.82, 2.24) is 0 Å². The minimum Gasteiger partial charge on any atom is -0.454 e. The van der Waals surface area contributed by atoms with Gasteiger partial charge in [0.1, 0.15) is 6.10 Å². The van der Waals surface area contributed by atoms with Gasteiger partial charge in [0.2, 0.25) is 5.79 Å². The van der Waals surface area contributed by atoms with Crippen molar-refractivity contribution in [2.45, 2.75) is 180 Å². The molecule has 0 aromatic rings. The zero-order chi connectivity index (χ0) is 26.1. The molecule has 6 nitrogen and oxygen atoms in total. The second-order valence-electron chi connectivity index (χ2n) is 12.0. The van der Waals surface area contributed by atoms with Crippen LogP contribution in [-0.2, 0) is 28.8 Å². The molecule has 0 atom stereocenters. The molecule has 0 aromatic carbocycles. The number of ether oxygens (including phenoxy) is 2. The molecule has 0 radical (unpaired) electrons. The smallest absolute Gasteiger partial charge is 0.420 e. The van der Waals surface area contributed by atoms with Crippen LogP contribution in [0.2, 0.25) is 0 Å². The lowest BCUT2D eigenvalue weighted by Crippen LogP contribution is -2.43. The van der Waals surface area contributed by atoms with Crippen molar-refractivity contribution in [3.63, 3.8) is 0 Å². The lowest BCUT2D eigenvalue weighted by molar-refractivity contribution is -0.453. The Morgan fingerprint density at radius 1 is 0.583 bits per heavy atom. The monoisotopic (exact) mass is 510 g/mol. The van der Waals surface area contributed by atoms with Crippen LogP contribution in [0.25, 0.3) is 0 Å². The van der Waals surface area contributed by atoms with E-state index >= 15 is 0 Å². The first-order valence-corrected chi connectivity index (χ1v) is 15.1. The van der Waals surface area contributed by atoms with Gasteiger partial charge in [-0.2, -0.15) is 4.89 Å². The summed E-state index contributed by atoms with van der Waals surface area (Å²) in [6, 6.07) is 0. The minimum absolute atomic E-state index is 0.219. The maximum Gasteiger partial charge on any atom is 0.420 e. The van der Waals surface area contributed by atoms with Crippen molar-refractivity contribution >= 4 is 11.9 Å². The molecular formula is C30H54O6. The summed E-state index contributed by atoms with van der Waals surface area (Å²) in [5.74, 6) is -3.10. The summed E-state index contributed by atoms with van der Waals surface area (Å²) in [5.41, 5.74) is -0.558. The number of esters is 2. The van der Waals surface area contributed by atoms with Gasteiger partial charge in [-0.25, -0.2) is 14.5 Å². The highest BCUT2D eigenvalue weighted by molar-refractivity contribution is 6.29. The molecule has 0 aliphatic heterocycles. The number of hydrogen-bond donors (Lipinski definition) is 0. The van der Waals surface area contributed by atoms with Crippen LogP contribution in [0.3, 0.4) is 0 Å². The van der Waals surface area contributed by atoms with E-state index in [-0.39, 0.29) is 6.10 Å². The van der Waals surface area contributed by atoms with Gasteiger partial charge in [0.05, 0.1) is 5.60 Å². The molecular weight excluding hydrogens is 456 g/mol. The highest BCUT2D eigenvalue weighted by Gasteiger charge is 2.40. The molecule has 2 rings (SSSR count). The molecule has 6 heteroatoms. The Morgan fingerprint density at radius 2 is 0.972 bits per heavy atom. The third kappa shape index (κ3) is 14.0. The third-order valence-electron chi connectivity index (χ3n) is 7.33. The van der Waals surface area contributed by atoms with E-state index in [2.05, 4.69) is 0 Å². The highest BCUT2D eigenvalue weighted by atomic mass is 17.2. The van der Waals surface area contributed by atoms with Crippen LogP contribution in [0.15, 0.2) is 0 Å². The van der Waals surface area contributed by atoms with Crippen LogP contribution in [0, 0.1) is 0 Å². The summed E-state index contributed by atoms with van der Waals surface area (Å²) in [4.78, 5) is 37.5. The average Bonchev–Trinajstić information content (AvgIpc) is 2.81. The Hall–Kier alpha value is -1.14. The van der Waals surface area contributed by atoms with Crippen molar-refractivity contribution in [3.05, 3.63) is 0 Å². The molecule has 0 saturated heterocycles. The predicted molar refractivity (Wildman–Crippen MR) is 142 cm³/mol. The van der Waals surface area contributed by atoms with Crippen molar-refractivity contribution < 1.29 is 28.8 Å². The average molecular weight is 511 g/mol. The quantitative estimate of drug-likeness (QED) is 0.124. The maximum absolute atomic E-state index is 13.0. The van der Waals surface area contributed by atoms with Crippen molar-refractivity contribution in [3.8, 4) is 0 Å². The Bertz CT molecular complexity index is 587. The fourth-order valence-electron chi connectivity index (χ4n) is 5.21. The molecule has 210 valence electrons. The topological polar surface area (TPSA) is 71.1 Å². The molecule has 0 aromatic heterocycles. The molecule has 0 heterocycles. The van der Waals surface area contributed by atoms with E-state index < -0.39 is 23.3 Å². The number of hydrogen-bond acceptors (Lipinski definition) is 6. The molecule has 36 heavy (non-hydrogen) atoms. The minimum atomic E-state index is -1.25. The van der Waals surface area contributed by atoms with Crippen LogP contribution in [0.1, 0.15) is 162 Å². The third-order valence-corrected chi connectivity index (χ3v) is 7.33. The molecule has 2 saturated carbocycles. The van der Waals surface area contributed by atoms with E-state index in [1.54, 1.807) is 0 Å². The molecule has 2 aliphatic carbocycles. The summed E-state index contributed by atoms with van der Waals surface area (Å²) in [5, 5.41) is 0. The zero-order valence-corrected chi connectivity index (χ0v) is 23.6. The number of carbonyl (C=O) groups excluding carboxylic acids is 2. The van der Waals surface area contributed by atoms with Gasteiger partial charge in [-0.3, -0.25) is 0 Å². The van der Waals surface area contributed by atoms with Gasteiger partial charge < -0.3 is 9.47 Å². The first-order valence-electron chi connectivity index (χ1n) is 15.1. The zero-order valence-electron chi connectivity index (χ0n) is 23.6. The molecule has 0 amide bonds. The van der Waals surface area contributed by atoms with Gasteiger partial charge in [-0.05, 0) is 59.3 Å². The second kappa shape index (κ2) is 17.4. The highest BCUT2D eigenvalue weighted by Crippen LogP contribution is 2.32. The van der Waals surface area contributed by atoms with Crippen molar-refractivity contribution in [2.24, 2.45) is 0 Å². The van der Waals surface area contributed by atoms with Crippen molar-refractivity contribution in [2.75, 3.05) is 0 Å². The Labute approximate surface area is 220 Å². The summed E-state index contributed by atoms with van der Waals surface area (Å²) >= 11 is 0. The lowest BCUT2D eigenvalue weighted by Gasteiger charge is -2.34. The maximum atomic E-state index is 13.0. The summed E-state index contributed by atoms with van der Waals surface area (Å²) in [6.45, 7) is 5.70. The fraction of sp³-hybridized carbons (Fsp3) is 0.933. The SMILES string of the molecule is CC(C)(C)OOC1(OC(=O)C(=O)OC2CCCCCCCCCCC2)CCCCCCCCCCC1. The van der Waals surface area contributed by atoms with Gasteiger partial charge >= 0.3 is 11.9 Å². The van der Waals surface area contributed by atoms with Gasteiger partial charge in [0, 0.05) is 12.8 Å². The summed E-state index contributed by atoms with van der Waals surface area (Å²) < 4.78 is 11.6. The largest absolute Gasteiger partial charge is 0.454 e. The normalized spacial score (nSPS) is 22.6. The molecule has 0 bridgehead atoms. The first-order chi connectivity index (χ1) is 17.3. The lowest BCUT2D eigenvalue weighted by atomic mass is 9.97. The van der Waals surface area contributed by atoms with E-state index in [4.69, 9.17) is 19.2 Å². The predicted octanol–water partition coefficient (Wildman–Crippen LogP) is 8.49. The summed E-state index contributed by atoms with van der Waals surface area (Å²) in [7, 11) is 0. The van der Waals surface area contributed by atoms with Crippen LogP contribution >= 0.6 is 0 Å². The fourth-order valence-corrected chi connectivity index (χ4v) is 5.21. The van der Waals surface area contributed by atoms with Crippen LogP contribution in [0.4, 0.5) is 0 Å². The molecule has 0 N–H and O–H groups in total. The van der Waals surface area contributed by atoms with E-state index in [0.29, 0.717) is 12.8 Å². The Kier molecular flexibility index (Phi) is 15.0. The van der Waals surface area contributed by atoms with E-state index in [9.17, 15) is 9.59 Å². The van der Waals surface area contributed by atoms with Crippen molar-refractivity contribution in [1.29, 1.82) is 0 Å². The standard InChI is InChI=1S/C30H54O6/c1-29(2,3)35-36-30(24-20-16-12-8-5-9-13-17-21-25-30)34-28(32)27(31)33-26-22-18-14-10-6-4-7-11-15-19-23-26/h26H,4-25H2,1-3H3. The molecule has 0 spiro atoms. The van der Waals surface area contributed by atoms with Gasteiger partial charge in [0.25, 0.3) is 0 Å². The van der Waals surface area contributed by atoms with E-state index in [1.807, 2.05) is 20.8 Å². The second-order valence-corrected chi connectivity index (χ2v) is 12.0. The van der Waals surface area contributed by atoms with E-state index in [1.165, 1.54) is 51.4 Å². The van der Waals surface area contributed by atoms with E-state index in [0.717, 1.165) is 77.0 Å². The van der Waals surface area contributed by atoms with Crippen LogP contribution in [0.5, 0.6) is 0 Å². The Balaban J connectivity index is 2.03. The van der Waals surface area contributed by atoms with Gasteiger partial charge in [-0.1, -0.05) is 89.9 Å². The number of carbonyl (C=O) groups is 2. The van der Waals surface area contributed by atoms with Gasteiger partial charge in [0.15, 0.2) is 0 Å². The molecule has 0 unspecified atom stereocenters. The molecule has 2 fully saturated rings. The summed E-state index contributed by atoms with van der Waals surface area (Å²) in [6.07, 6.45) is 23.1. The first kappa shape index (κ1) is 31.1. The van der Waals surface area contributed by atoms with Crippen LogP contribution in [-0.4, -0.2) is 29.4 Å².